The van der Waals surface area contributed by atoms with Gasteiger partial charge in [0.1, 0.15) is 12.2 Å². The van der Waals surface area contributed by atoms with E-state index in [2.05, 4.69) is 31.0 Å². The Morgan fingerprint density at radius 3 is 2.54 bits per heavy atom. The minimum absolute atomic E-state index is 0.758. The Labute approximate surface area is 80.2 Å². The molecule has 0 aliphatic heterocycles. The van der Waals surface area contributed by atoms with Crippen LogP contribution in [0.3, 0.4) is 0 Å². The van der Waals surface area contributed by atoms with Crippen LogP contribution in [-0.2, 0) is 13.5 Å². The van der Waals surface area contributed by atoms with Gasteiger partial charge < -0.3 is 4.57 Å². The van der Waals surface area contributed by atoms with Crippen LogP contribution in [0.1, 0.15) is 33.0 Å². The van der Waals surface area contributed by atoms with E-state index >= 15 is 0 Å². The summed E-state index contributed by atoms with van der Waals surface area (Å²) in [6, 6.07) is 0. The van der Waals surface area contributed by atoms with Crippen LogP contribution in [0.15, 0.2) is 6.33 Å². The second kappa shape index (κ2) is 4.40. The average Bonchev–Trinajstić information content (AvgIpc) is 2.47. The van der Waals surface area contributed by atoms with E-state index in [9.17, 15) is 0 Å². The molecule has 0 radical (unpaired) electrons. The van der Waals surface area contributed by atoms with E-state index in [0.717, 1.165) is 24.1 Å². The van der Waals surface area contributed by atoms with Crippen LogP contribution >= 0.6 is 0 Å². The molecular formula is C10H19N3. The van der Waals surface area contributed by atoms with Crippen molar-refractivity contribution in [2.24, 2.45) is 18.9 Å². The summed E-state index contributed by atoms with van der Waals surface area (Å²) in [6.45, 7) is 6.82. The van der Waals surface area contributed by atoms with E-state index in [1.165, 1.54) is 6.42 Å². The summed E-state index contributed by atoms with van der Waals surface area (Å²) in [4.78, 5) is 0. The Morgan fingerprint density at radius 2 is 2.08 bits per heavy atom. The van der Waals surface area contributed by atoms with Gasteiger partial charge in [-0.2, -0.15) is 0 Å². The Hall–Kier alpha value is -0.860. The minimum atomic E-state index is 0.758. The molecule has 1 atom stereocenters. The Balaban J connectivity index is 2.39. The van der Waals surface area contributed by atoms with E-state index in [4.69, 9.17) is 0 Å². The molecule has 0 aromatic carbocycles. The summed E-state index contributed by atoms with van der Waals surface area (Å²) >= 11 is 0. The number of nitrogens with zero attached hydrogens (tertiary/aromatic N) is 3. The van der Waals surface area contributed by atoms with Crippen LogP contribution in [0, 0.1) is 11.8 Å². The van der Waals surface area contributed by atoms with Gasteiger partial charge in [0.05, 0.1) is 0 Å². The van der Waals surface area contributed by atoms with Gasteiger partial charge >= 0.3 is 0 Å². The van der Waals surface area contributed by atoms with Crippen molar-refractivity contribution in [2.45, 2.75) is 33.6 Å². The molecule has 0 saturated carbocycles. The summed E-state index contributed by atoms with van der Waals surface area (Å²) in [7, 11) is 2.00. The first-order valence-electron chi connectivity index (χ1n) is 4.94. The molecule has 1 heterocycles. The van der Waals surface area contributed by atoms with Crippen molar-refractivity contribution in [3.63, 3.8) is 0 Å². The van der Waals surface area contributed by atoms with Crippen LogP contribution in [0.2, 0.25) is 0 Å². The molecule has 1 aromatic heterocycles. The van der Waals surface area contributed by atoms with Gasteiger partial charge in [-0.3, -0.25) is 0 Å². The zero-order valence-electron chi connectivity index (χ0n) is 8.99. The van der Waals surface area contributed by atoms with Gasteiger partial charge in [-0.05, 0) is 18.3 Å². The SMILES string of the molecule is CC(C)C(C)CCc1nncn1C. The molecule has 0 N–H and O–H groups in total. The Bertz CT molecular complexity index is 252. The molecule has 1 rings (SSSR count). The molecule has 1 unspecified atom stereocenters. The Morgan fingerprint density at radius 1 is 1.38 bits per heavy atom. The van der Waals surface area contributed by atoms with Crippen LogP contribution in [0.4, 0.5) is 0 Å². The van der Waals surface area contributed by atoms with Crippen LogP contribution in [0.5, 0.6) is 0 Å². The highest BCUT2D eigenvalue weighted by Crippen LogP contribution is 2.15. The van der Waals surface area contributed by atoms with Gasteiger partial charge in [0.15, 0.2) is 0 Å². The number of rotatable bonds is 4. The van der Waals surface area contributed by atoms with Gasteiger partial charge in [0.2, 0.25) is 0 Å². The minimum Gasteiger partial charge on any atom is -0.321 e. The van der Waals surface area contributed by atoms with Crippen LogP contribution < -0.4 is 0 Å². The highest BCUT2D eigenvalue weighted by molar-refractivity contribution is 4.84. The average molecular weight is 181 g/mol. The molecular weight excluding hydrogens is 162 g/mol. The Kier molecular flexibility index (Phi) is 3.46. The van der Waals surface area contributed by atoms with Crippen molar-refractivity contribution in [1.29, 1.82) is 0 Å². The monoisotopic (exact) mass is 181 g/mol. The molecule has 0 bridgehead atoms. The molecule has 0 spiro atoms. The van der Waals surface area contributed by atoms with Crippen molar-refractivity contribution in [3.8, 4) is 0 Å². The summed E-state index contributed by atoms with van der Waals surface area (Å²) in [5, 5.41) is 7.92. The number of aromatic nitrogens is 3. The fourth-order valence-electron chi connectivity index (χ4n) is 1.22. The van der Waals surface area contributed by atoms with Crippen molar-refractivity contribution in [3.05, 3.63) is 12.2 Å². The van der Waals surface area contributed by atoms with Gasteiger partial charge in [0, 0.05) is 13.5 Å². The summed E-state index contributed by atoms with van der Waals surface area (Å²) in [5.41, 5.74) is 0. The third kappa shape index (κ3) is 2.83. The second-order valence-electron chi connectivity index (χ2n) is 4.12. The zero-order chi connectivity index (χ0) is 9.84. The van der Waals surface area contributed by atoms with Crippen LogP contribution in [-0.4, -0.2) is 14.8 Å². The molecule has 0 saturated heterocycles. The van der Waals surface area contributed by atoms with E-state index in [1.807, 2.05) is 11.6 Å². The second-order valence-corrected chi connectivity index (χ2v) is 4.12. The standard InChI is InChI=1S/C10H19N3/c1-8(2)9(3)5-6-10-12-11-7-13(10)4/h7-9H,5-6H2,1-4H3. The lowest BCUT2D eigenvalue weighted by atomic mass is 9.93. The largest absolute Gasteiger partial charge is 0.321 e. The maximum absolute atomic E-state index is 4.06. The molecule has 0 aliphatic rings. The van der Waals surface area contributed by atoms with Gasteiger partial charge in [-0.15, -0.1) is 10.2 Å². The predicted molar refractivity (Wildman–Crippen MR) is 53.3 cm³/mol. The van der Waals surface area contributed by atoms with Crippen LogP contribution in [0.25, 0.3) is 0 Å². The number of hydrogen-bond donors (Lipinski definition) is 0. The molecule has 1 aromatic rings. The molecule has 3 heteroatoms. The highest BCUT2D eigenvalue weighted by atomic mass is 15.2. The third-order valence-corrected chi connectivity index (χ3v) is 2.77. The molecule has 3 nitrogen and oxygen atoms in total. The zero-order valence-corrected chi connectivity index (χ0v) is 8.99. The topological polar surface area (TPSA) is 30.7 Å². The van der Waals surface area contributed by atoms with E-state index in [-0.39, 0.29) is 0 Å². The highest BCUT2D eigenvalue weighted by Gasteiger charge is 2.08. The number of aryl methyl sites for hydroxylation is 2. The third-order valence-electron chi connectivity index (χ3n) is 2.77. The lowest BCUT2D eigenvalue weighted by molar-refractivity contribution is 0.388. The fraction of sp³-hybridized carbons (Fsp3) is 0.800. The first-order valence-corrected chi connectivity index (χ1v) is 4.94. The number of hydrogen-bond acceptors (Lipinski definition) is 2. The maximum Gasteiger partial charge on any atom is 0.132 e. The molecule has 0 amide bonds. The van der Waals surface area contributed by atoms with Crippen molar-refractivity contribution < 1.29 is 0 Å². The first-order chi connectivity index (χ1) is 6.11. The van der Waals surface area contributed by atoms with Gasteiger partial charge in [0.25, 0.3) is 0 Å². The summed E-state index contributed by atoms with van der Waals surface area (Å²) in [5.74, 6) is 2.61. The lowest BCUT2D eigenvalue weighted by Gasteiger charge is -2.14. The van der Waals surface area contributed by atoms with E-state index < -0.39 is 0 Å². The lowest BCUT2D eigenvalue weighted by Crippen LogP contribution is -2.07. The first kappa shape index (κ1) is 10.2. The molecule has 0 fully saturated rings. The molecule has 0 aliphatic carbocycles. The quantitative estimate of drug-likeness (QED) is 0.711. The van der Waals surface area contributed by atoms with Gasteiger partial charge in [-0.1, -0.05) is 20.8 Å². The summed E-state index contributed by atoms with van der Waals surface area (Å²) in [6.07, 6.45) is 4.00. The smallest absolute Gasteiger partial charge is 0.132 e. The van der Waals surface area contributed by atoms with Crippen molar-refractivity contribution in [1.82, 2.24) is 14.8 Å². The molecule has 74 valence electrons. The molecule has 13 heavy (non-hydrogen) atoms. The summed E-state index contributed by atoms with van der Waals surface area (Å²) < 4.78 is 1.99. The van der Waals surface area contributed by atoms with E-state index in [1.54, 1.807) is 6.33 Å². The van der Waals surface area contributed by atoms with Crippen molar-refractivity contribution >= 4 is 0 Å². The fourth-order valence-corrected chi connectivity index (χ4v) is 1.22. The predicted octanol–water partition coefficient (Wildman–Crippen LogP) is 2.04. The van der Waals surface area contributed by atoms with Crippen molar-refractivity contribution in [2.75, 3.05) is 0 Å². The maximum atomic E-state index is 4.06. The van der Waals surface area contributed by atoms with Gasteiger partial charge in [-0.25, -0.2) is 0 Å². The normalized spacial score (nSPS) is 13.6. The van der Waals surface area contributed by atoms with E-state index in [0.29, 0.717) is 0 Å².